The Kier molecular flexibility index (Phi) is 4.53. The minimum atomic E-state index is -0.943. The monoisotopic (exact) mass is 289 g/mol. The molecule has 0 spiro atoms. The van der Waals surface area contributed by atoms with Gasteiger partial charge in [-0.15, -0.1) is 0 Å². The molecule has 1 heterocycles. The van der Waals surface area contributed by atoms with Gasteiger partial charge >= 0.3 is 5.97 Å². The summed E-state index contributed by atoms with van der Waals surface area (Å²) in [5, 5.41) is 15.5. The Morgan fingerprint density at radius 2 is 1.95 bits per heavy atom. The summed E-state index contributed by atoms with van der Waals surface area (Å²) in [4.78, 5) is 23.2. The van der Waals surface area contributed by atoms with Crippen LogP contribution < -0.4 is 5.32 Å². The molecule has 0 aliphatic heterocycles. The highest BCUT2D eigenvalue weighted by Gasteiger charge is 2.19. The van der Waals surface area contributed by atoms with Crippen LogP contribution in [0.5, 0.6) is 0 Å². The number of hydrogen-bond acceptors (Lipinski definition) is 3. The van der Waals surface area contributed by atoms with E-state index in [1.165, 1.54) is 11.3 Å². The molecule has 0 radical (unpaired) electrons. The first-order chi connectivity index (χ1) is 9.58. The SMILES string of the molecule is Cc1cscc1C(=O)NC(CC(=O)O)c1ccccc1. The molecule has 0 aliphatic rings. The Labute approximate surface area is 121 Å². The molecular formula is C15H15NO3S. The van der Waals surface area contributed by atoms with Crippen molar-refractivity contribution in [2.24, 2.45) is 0 Å². The molecule has 0 aliphatic carbocycles. The Morgan fingerprint density at radius 3 is 2.50 bits per heavy atom. The van der Waals surface area contributed by atoms with Crippen molar-refractivity contribution in [3.05, 3.63) is 57.8 Å². The number of nitrogens with one attached hydrogen (secondary N) is 1. The Morgan fingerprint density at radius 1 is 1.25 bits per heavy atom. The molecule has 2 aromatic rings. The molecule has 1 unspecified atom stereocenters. The molecule has 5 heteroatoms. The maximum absolute atomic E-state index is 12.2. The largest absolute Gasteiger partial charge is 0.481 e. The predicted octanol–water partition coefficient (Wildman–Crippen LogP) is 3.00. The van der Waals surface area contributed by atoms with Crippen molar-refractivity contribution in [2.75, 3.05) is 0 Å². The normalized spacial score (nSPS) is 11.8. The van der Waals surface area contributed by atoms with Crippen LogP contribution in [0.25, 0.3) is 0 Å². The fourth-order valence-electron chi connectivity index (χ4n) is 1.94. The number of thiophene rings is 1. The van der Waals surface area contributed by atoms with E-state index in [0.29, 0.717) is 5.56 Å². The topological polar surface area (TPSA) is 66.4 Å². The first-order valence-corrected chi connectivity index (χ1v) is 7.12. The third-order valence-corrected chi connectivity index (χ3v) is 3.85. The summed E-state index contributed by atoms with van der Waals surface area (Å²) in [6.45, 7) is 1.86. The molecule has 1 aromatic heterocycles. The van der Waals surface area contributed by atoms with Gasteiger partial charge in [0.1, 0.15) is 0 Å². The maximum Gasteiger partial charge on any atom is 0.305 e. The molecule has 1 aromatic carbocycles. The zero-order valence-electron chi connectivity index (χ0n) is 11.0. The third-order valence-electron chi connectivity index (χ3n) is 2.99. The van der Waals surface area contributed by atoms with E-state index in [9.17, 15) is 9.59 Å². The Bertz CT molecular complexity index is 607. The van der Waals surface area contributed by atoms with Gasteiger partial charge in [0, 0.05) is 5.38 Å². The van der Waals surface area contributed by atoms with Gasteiger partial charge < -0.3 is 10.4 Å². The van der Waals surface area contributed by atoms with Gasteiger partial charge in [-0.3, -0.25) is 9.59 Å². The fourth-order valence-corrected chi connectivity index (χ4v) is 2.77. The molecule has 2 rings (SSSR count). The van der Waals surface area contributed by atoms with Crippen LogP contribution in [0.3, 0.4) is 0 Å². The van der Waals surface area contributed by atoms with Gasteiger partial charge in [0.05, 0.1) is 18.0 Å². The van der Waals surface area contributed by atoms with Crippen LogP contribution in [0, 0.1) is 6.92 Å². The van der Waals surface area contributed by atoms with Crippen molar-refractivity contribution < 1.29 is 14.7 Å². The number of aryl methyl sites for hydroxylation is 1. The molecule has 20 heavy (non-hydrogen) atoms. The first-order valence-electron chi connectivity index (χ1n) is 6.18. The molecule has 4 nitrogen and oxygen atoms in total. The van der Waals surface area contributed by atoms with E-state index < -0.39 is 12.0 Å². The smallest absolute Gasteiger partial charge is 0.305 e. The number of hydrogen-bond donors (Lipinski definition) is 2. The third kappa shape index (κ3) is 3.45. The average molecular weight is 289 g/mol. The summed E-state index contributed by atoms with van der Waals surface area (Å²) < 4.78 is 0. The minimum Gasteiger partial charge on any atom is -0.481 e. The van der Waals surface area contributed by atoms with Gasteiger partial charge in [0.25, 0.3) is 5.91 Å². The summed E-state index contributed by atoms with van der Waals surface area (Å²) in [6, 6.07) is 8.60. The summed E-state index contributed by atoms with van der Waals surface area (Å²) in [5.41, 5.74) is 2.28. The van der Waals surface area contributed by atoms with Crippen molar-refractivity contribution in [3.8, 4) is 0 Å². The summed E-state index contributed by atoms with van der Waals surface area (Å²) in [5.74, 6) is -1.18. The number of amides is 1. The van der Waals surface area contributed by atoms with E-state index in [-0.39, 0.29) is 12.3 Å². The van der Waals surface area contributed by atoms with Gasteiger partial charge in [-0.2, -0.15) is 11.3 Å². The van der Waals surface area contributed by atoms with Gasteiger partial charge in [0.15, 0.2) is 0 Å². The highest BCUT2D eigenvalue weighted by molar-refractivity contribution is 7.08. The minimum absolute atomic E-state index is 0.140. The van der Waals surface area contributed by atoms with Crippen LogP contribution in [0.2, 0.25) is 0 Å². The highest BCUT2D eigenvalue weighted by atomic mass is 32.1. The lowest BCUT2D eigenvalue weighted by molar-refractivity contribution is -0.137. The number of carboxylic acids is 1. The van der Waals surface area contributed by atoms with Crippen molar-refractivity contribution in [1.29, 1.82) is 0 Å². The molecule has 0 bridgehead atoms. The highest BCUT2D eigenvalue weighted by Crippen LogP contribution is 2.19. The number of carbonyl (C=O) groups excluding carboxylic acids is 1. The van der Waals surface area contributed by atoms with E-state index in [4.69, 9.17) is 5.11 Å². The number of benzene rings is 1. The fraction of sp³-hybridized carbons (Fsp3) is 0.200. The Hall–Kier alpha value is -2.14. The van der Waals surface area contributed by atoms with Crippen molar-refractivity contribution in [3.63, 3.8) is 0 Å². The standard InChI is InChI=1S/C15H15NO3S/c1-10-8-20-9-12(10)15(19)16-13(7-14(17)18)11-5-3-2-4-6-11/h2-6,8-9,13H,7H2,1H3,(H,16,19)(H,17,18). The van der Waals surface area contributed by atoms with E-state index in [0.717, 1.165) is 11.1 Å². The summed E-state index contributed by atoms with van der Waals surface area (Å²) in [7, 11) is 0. The average Bonchev–Trinajstić information content (AvgIpc) is 2.85. The first kappa shape index (κ1) is 14.3. The second kappa shape index (κ2) is 6.34. The van der Waals surface area contributed by atoms with Gasteiger partial charge in [-0.05, 0) is 23.4 Å². The lowest BCUT2D eigenvalue weighted by atomic mass is 10.0. The second-order valence-electron chi connectivity index (χ2n) is 4.50. The molecule has 0 saturated carbocycles. The van der Waals surface area contributed by atoms with Crippen molar-refractivity contribution >= 4 is 23.2 Å². The van der Waals surface area contributed by atoms with Crippen LogP contribution in [0.15, 0.2) is 41.1 Å². The molecule has 104 valence electrons. The molecule has 2 N–H and O–H groups in total. The molecule has 1 atom stereocenters. The summed E-state index contributed by atoms with van der Waals surface area (Å²) in [6.07, 6.45) is -0.140. The van der Waals surface area contributed by atoms with Crippen LogP contribution in [-0.2, 0) is 4.79 Å². The molecule has 0 fully saturated rings. The quantitative estimate of drug-likeness (QED) is 0.889. The predicted molar refractivity (Wildman–Crippen MR) is 78.0 cm³/mol. The maximum atomic E-state index is 12.2. The zero-order chi connectivity index (χ0) is 14.5. The van der Waals surface area contributed by atoms with E-state index in [1.54, 1.807) is 5.38 Å². The number of rotatable bonds is 5. The van der Waals surface area contributed by atoms with E-state index >= 15 is 0 Å². The van der Waals surface area contributed by atoms with E-state index in [2.05, 4.69) is 5.32 Å². The van der Waals surface area contributed by atoms with Gasteiger partial charge in [-0.25, -0.2) is 0 Å². The van der Waals surface area contributed by atoms with Gasteiger partial charge in [0.2, 0.25) is 0 Å². The van der Waals surface area contributed by atoms with Crippen LogP contribution in [0.4, 0.5) is 0 Å². The summed E-state index contributed by atoms with van der Waals surface area (Å²) >= 11 is 1.45. The van der Waals surface area contributed by atoms with Gasteiger partial charge in [-0.1, -0.05) is 30.3 Å². The molecule has 1 amide bonds. The van der Waals surface area contributed by atoms with Crippen molar-refractivity contribution in [1.82, 2.24) is 5.32 Å². The lowest BCUT2D eigenvalue weighted by Crippen LogP contribution is -2.30. The number of aliphatic carboxylic acids is 1. The van der Waals surface area contributed by atoms with E-state index in [1.807, 2.05) is 42.6 Å². The van der Waals surface area contributed by atoms with Crippen molar-refractivity contribution in [2.45, 2.75) is 19.4 Å². The lowest BCUT2D eigenvalue weighted by Gasteiger charge is -2.17. The molecule has 0 saturated heterocycles. The van der Waals surface area contributed by atoms with Crippen LogP contribution >= 0.6 is 11.3 Å². The van der Waals surface area contributed by atoms with Crippen LogP contribution in [0.1, 0.15) is 33.9 Å². The number of carboxylic acid groups (broad SMARTS) is 1. The Balaban J connectivity index is 2.18. The second-order valence-corrected chi connectivity index (χ2v) is 5.25. The zero-order valence-corrected chi connectivity index (χ0v) is 11.8. The number of carbonyl (C=O) groups is 2. The molecular weight excluding hydrogens is 274 g/mol. The van der Waals surface area contributed by atoms with Crippen LogP contribution in [-0.4, -0.2) is 17.0 Å².